The van der Waals surface area contributed by atoms with E-state index >= 15 is 0 Å². The van der Waals surface area contributed by atoms with Crippen LogP contribution in [0.25, 0.3) is 0 Å². The second kappa shape index (κ2) is 7.67. The SMILES string of the molecule is CC(C)CN(CCOC(C)(C)C)CCC(=N)N. The van der Waals surface area contributed by atoms with Crippen molar-refractivity contribution in [2.45, 2.75) is 46.6 Å². The highest BCUT2D eigenvalue weighted by atomic mass is 16.5. The first-order valence-corrected chi connectivity index (χ1v) is 6.40. The van der Waals surface area contributed by atoms with Gasteiger partial charge in [-0.05, 0) is 26.7 Å². The second-order valence-electron chi connectivity index (χ2n) is 5.93. The maximum Gasteiger partial charge on any atom is 0.0918 e. The minimum atomic E-state index is -0.0793. The van der Waals surface area contributed by atoms with Crippen LogP contribution in [0.5, 0.6) is 0 Å². The molecule has 17 heavy (non-hydrogen) atoms. The summed E-state index contributed by atoms with van der Waals surface area (Å²) in [5, 5.41) is 7.27. The van der Waals surface area contributed by atoms with Gasteiger partial charge in [-0.25, -0.2) is 0 Å². The molecule has 0 atom stereocenters. The summed E-state index contributed by atoms with van der Waals surface area (Å²) in [6.45, 7) is 14.1. The first-order valence-electron chi connectivity index (χ1n) is 6.40. The molecule has 0 aliphatic heterocycles. The third-order valence-corrected chi connectivity index (χ3v) is 2.26. The quantitative estimate of drug-likeness (QED) is 0.507. The van der Waals surface area contributed by atoms with Crippen molar-refractivity contribution in [1.29, 1.82) is 5.41 Å². The average Bonchev–Trinajstić information content (AvgIpc) is 2.10. The fourth-order valence-electron chi connectivity index (χ4n) is 1.57. The molecule has 0 bridgehead atoms. The van der Waals surface area contributed by atoms with E-state index in [-0.39, 0.29) is 11.4 Å². The Labute approximate surface area is 106 Å². The Hall–Kier alpha value is -0.610. The molecule has 3 N–H and O–H groups in total. The smallest absolute Gasteiger partial charge is 0.0918 e. The van der Waals surface area contributed by atoms with Crippen LogP contribution in [0.4, 0.5) is 0 Å². The summed E-state index contributed by atoms with van der Waals surface area (Å²) in [7, 11) is 0. The van der Waals surface area contributed by atoms with E-state index in [1.807, 2.05) is 0 Å². The van der Waals surface area contributed by atoms with Crippen molar-refractivity contribution in [3.05, 3.63) is 0 Å². The summed E-state index contributed by atoms with van der Waals surface area (Å²) in [5.41, 5.74) is 5.32. The molecular formula is C13H29N3O. The number of ether oxygens (including phenoxy) is 1. The summed E-state index contributed by atoms with van der Waals surface area (Å²) in [5.74, 6) is 0.882. The number of nitrogens with one attached hydrogen (secondary N) is 1. The van der Waals surface area contributed by atoms with Gasteiger partial charge in [0.05, 0.1) is 18.0 Å². The van der Waals surface area contributed by atoms with Crippen LogP contribution >= 0.6 is 0 Å². The number of nitrogens with two attached hydrogens (primary N) is 1. The molecule has 0 radical (unpaired) electrons. The zero-order valence-corrected chi connectivity index (χ0v) is 12.0. The van der Waals surface area contributed by atoms with Crippen molar-refractivity contribution >= 4 is 5.84 Å². The highest BCUT2D eigenvalue weighted by Crippen LogP contribution is 2.07. The molecule has 4 heteroatoms. The topological polar surface area (TPSA) is 62.3 Å². The van der Waals surface area contributed by atoms with Crippen molar-refractivity contribution in [2.75, 3.05) is 26.2 Å². The average molecular weight is 243 g/mol. The van der Waals surface area contributed by atoms with Crippen LogP contribution in [0.2, 0.25) is 0 Å². The molecule has 0 aliphatic rings. The maximum absolute atomic E-state index is 7.27. The van der Waals surface area contributed by atoms with Crippen molar-refractivity contribution in [1.82, 2.24) is 4.90 Å². The standard InChI is InChI=1S/C13H29N3O/c1-11(2)10-16(7-6-12(14)15)8-9-17-13(3,4)5/h11H,6-10H2,1-5H3,(H3,14,15). The Morgan fingerprint density at radius 1 is 1.29 bits per heavy atom. The number of hydrogen-bond acceptors (Lipinski definition) is 3. The van der Waals surface area contributed by atoms with Crippen LogP contribution in [0.1, 0.15) is 41.0 Å². The second-order valence-corrected chi connectivity index (χ2v) is 5.93. The van der Waals surface area contributed by atoms with E-state index in [9.17, 15) is 0 Å². The van der Waals surface area contributed by atoms with Gasteiger partial charge in [0.1, 0.15) is 0 Å². The largest absolute Gasteiger partial charge is 0.388 e. The minimum absolute atomic E-state index is 0.0793. The van der Waals surface area contributed by atoms with Gasteiger partial charge in [0.2, 0.25) is 0 Å². The van der Waals surface area contributed by atoms with Gasteiger partial charge in [0.15, 0.2) is 0 Å². The highest BCUT2D eigenvalue weighted by molar-refractivity contribution is 5.76. The fourth-order valence-corrected chi connectivity index (χ4v) is 1.57. The summed E-state index contributed by atoms with van der Waals surface area (Å²) in [6, 6.07) is 0. The molecule has 0 aromatic rings. The lowest BCUT2D eigenvalue weighted by atomic mass is 10.2. The van der Waals surface area contributed by atoms with Gasteiger partial charge < -0.3 is 15.4 Å². The van der Waals surface area contributed by atoms with Crippen LogP contribution < -0.4 is 5.73 Å². The van der Waals surface area contributed by atoms with Crippen LogP contribution in [0.15, 0.2) is 0 Å². The Bertz CT molecular complexity index is 221. The molecule has 4 nitrogen and oxygen atoms in total. The fraction of sp³-hybridized carbons (Fsp3) is 0.923. The van der Waals surface area contributed by atoms with Crippen LogP contribution in [-0.4, -0.2) is 42.6 Å². The summed E-state index contributed by atoms with van der Waals surface area (Å²) >= 11 is 0. The molecule has 0 aromatic heterocycles. The van der Waals surface area contributed by atoms with E-state index in [1.165, 1.54) is 0 Å². The minimum Gasteiger partial charge on any atom is -0.388 e. The van der Waals surface area contributed by atoms with Gasteiger partial charge in [-0.2, -0.15) is 0 Å². The Kier molecular flexibility index (Phi) is 7.39. The van der Waals surface area contributed by atoms with E-state index in [4.69, 9.17) is 15.9 Å². The lowest BCUT2D eigenvalue weighted by molar-refractivity contribution is -0.0138. The number of amidine groups is 1. The van der Waals surface area contributed by atoms with Gasteiger partial charge in [0, 0.05) is 26.1 Å². The molecule has 0 rings (SSSR count). The van der Waals surface area contributed by atoms with Crippen molar-refractivity contribution < 1.29 is 4.74 Å². The predicted molar refractivity (Wildman–Crippen MR) is 73.5 cm³/mol. The Morgan fingerprint density at radius 2 is 1.88 bits per heavy atom. The van der Waals surface area contributed by atoms with Crippen molar-refractivity contribution in [2.24, 2.45) is 11.7 Å². The van der Waals surface area contributed by atoms with E-state index in [1.54, 1.807) is 0 Å². The summed E-state index contributed by atoms with van der Waals surface area (Å²) in [4.78, 5) is 2.32. The third-order valence-electron chi connectivity index (χ3n) is 2.26. The molecule has 0 spiro atoms. The Balaban J connectivity index is 3.97. The van der Waals surface area contributed by atoms with E-state index in [0.29, 0.717) is 12.3 Å². The first-order chi connectivity index (χ1) is 7.70. The van der Waals surface area contributed by atoms with Gasteiger partial charge in [0.25, 0.3) is 0 Å². The molecule has 0 amide bonds. The van der Waals surface area contributed by atoms with Gasteiger partial charge >= 0.3 is 0 Å². The predicted octanol–water partition coefficient (Wildman–Crippen LogP) is 2.09. The molecule has 0 unspecified atom stereocenters. The van der Waals surface area contributed by atoms with Crippen molar-refractivity contribution in [3.63, 3.8) is 0 Å². The number of nitrogens with zero attached hydrogens (tertiary/aromatic N) is 1. The number of rotatable bonds is 8. The van der Waals surface area contributed by atoms with Crippen molar-refractivity contribution in [3.8, 4) is 0 Å². The van der Waals surface area contributed by atoms with Gasteiger partial charge in [-0.15, -0.1) is 0 Å². The lowest BCUT2D eigenvalue weighted by Crippen LogP contribution is -2.35. The van der Waals surface area contributed by atoms with Gasteiger partial charge in [-0.1, -0.05) is 13.8 Å². The molecule has 0 saturated carbocycles. The molecule has 0 heterocycles. The third kappa shape index (κ3) is 11.6. The van der Waals surface area contributed by atoms with E-state index < -0.39 is 0 Å². The molecule has 0 fully saturated rings. The van der Waals surface area contributed by atoms with Crippen LogP contribution in [-0.2, 0) is 4.74 Å². The highest BCUT2D eigenvalue weighted by Gasteiger charge is 2.12. The zero-order valence-electron chi connectivity index (χ0n) is 12.0. The van der Waals surface area contributed by atoms with Gasteiger partial charge in [-0.3, -0.25) is 5.41 Å². The molecule has 0 aromatic carbocycles. The molecule has 0 saturated heterocycles. The lowest BCUT2D eigenvalue weighted by Gasteiger charge is -2.26. The first kappa shape index (κ1) is 16.4. The maximum atomic E-state index is 7.27. The summed E-state index contributed by atoms with van der Waals surface area (Å²) in [6.07, 6.45) is 0.641. The monoisotopic (exact) mass is 243 g/mol. The molecule has 0 aliphatic carbocycles. The Morgan fingerprint density at radius 3 is 2.29 bits per heavy atom. The van der Waals surface area contributed by atoms with Crippen LogP contribution in [0.3, 0.4) is 0 Å². The van der Waals surface area contributed by atoms with E-state index in [2.05, 4.69) is 39.5 Å². The molecular weight excluding hydrogens is 214 g/mol. The van der Waals surface area contributed by atoms with E-state index in [0.717, 1.165) is 26.2 Å². The molecule has 102 valence electrons. The zero-order chi connectivity index (χ0) is 13.5. The van der Waals surface area contributed by atoms with Crippen LogP contribution in [0, 0.1) is 11.3 Å². The summed E-state index contributed by atoms with van der Waals surface area (Å²) < 4.78 is 5.72. The number of hydrogen-bond donors (Lipinski definition) is 2. The normalized spacial score (nSPS) is 12.4.